The molecule has 7 aromatic carbocycles. The van der Waals surface area contributed by atoms with Gasteiger partial charge in [0, 0.05) is 20.7 Å². The van der Waals surface area contributed by atoms with Gasteiger partial charge in [-0.2, -0.15) is 0 Å². The Labute approximate surface area is 583 Å². The molecule has 0 aromatic heterocycles. The van der Waals surface area contributed by atoms with Crippen LogP contribution in [0.3, 0.4) is 0 Å². The van der Waals surface area contributed by atoms with Crippen molar-refractivity contribution in [1.29, 1.82) is 0 Å². The first-order valence-corrected chi connectivity index (χ1v) is 32.2. The Kier molecular flexibility index (Phi) is 43.7. The number of carbonyl (C=O) groups excluding carboxylic acids is 1. The summed E-state index contributed by atoms with van der Waals surface area (Å²) >= 11 is 8.47. The van der Waals surface area contributed by atoms with Gasteiger partial charge >= 0.3 is 0 Å². The highest BCUT2D eigenvalue weighted by Crippen LogP contribution is 2.16. The summed E-state index contributed by atoms with van der Waals surface area (Å²) in [5.74, 6) is 2.82. The largest absolute Gasteiger partial charge is 0.449 e. The third kappa shape index (κ3) is 43.2. The number of nitrogens with zero attached hydrogens (tertiary/aromatic N) is 6. The molecule has 7 rings (SSSR count). The summed E-state index contributed by atoms with van der Waals surface area (Å²) in [5.41, 5.74) is 47.6. The van der Waals surface area contributed by atoms with E-state index >= 15 is 0 Å². The van der Waals surface area contributed by atoms with Crippen molar-refractivity contribution in [2.45, 2.75) is 113 Å². The summed E-state index contributed by atoms with van der Waals surface area (Å²) in [4.78, 5) is 34.4. The van der Waals surface area contributed by atoms with Gasteiger partial charge < -0.3 is 39.1 Å². The van der Waals surface area contributed by atoms with E-state index in [1.165, 1.54) is 48.1 Å². The molecule has 484 valence electrons. The first kappa shape index (κ1) is 81.4. The van der Waals surface area contributed by atoms with Crippen LogP contribution < -0.4 is 40.1 Å². The second kappa shape index (κ2) is 48.3. The summed E-state index contributed by atoms with van der Waals surface area (Å²) in [5, 5.41) is 0. The molecule has 0 radical (unpaired) electrons. The Morgan fingerprint density at radius 3 is 1.30 bits per heavy atom. The number of ether oxygens (including phenoxy) is 1. The lowest BCUT2D eigenvalue weighted by atomic mass is 10.1. The summed E-state index contributed by atoms with van der Waals surface area (Å²) in [6, 6.07) is 48.7. The van der Waals surface area contributed by atoms with E-state index in [0.29, 0.717) is 101 Å². The van der Waals surface area contributed by atoms with Gasteiger partial charge in [0.2, 0.25) is 0 Å². The molecule has 0 amide bonds. The van der Waals surface area contributed by atoms with Crippen LogP contribution in [-0.2, 0) is 61.6 Å². The molecule has 7 aromatic rings. The summed E-state index contributed by atoms with van der Waals surface area (Å²) in [7, 11) is 0. The fourth-order valence-electron chi connectivity index (χ4n) is 6.66. The van der Waals surface area contributed by atoms with Crippen molar-refractivity contribution in [1.82, 2.24) is 0 Å². The second-order valence-corrected chi connectivity index (χ2v) is 24.5. The molecule has 1 atom stereocenters. The Bertz CT molecular complexity index is 3250. The number of alkyl halides is 1. The predicted octanol–water partition coefficient (Wildman–Crippen LogP) is 14.1. The first-order valence-electron chi connectivity index (χ1n) is 27.9. The third-order valence-corrected chi connectivity index (χ3v) is 14.1. The molecule has 14 N–H and O–H groups in total. The number of hydrogen-bond donors (Lipinski definition) is 7. The molecule has 23 heteroatoms. The number of amidine groups is 6. The van der Waals surface area contributed by atoms with Crippen molar-refractivity contribution in [3.8, 4) is 0 Å². The number of aryl methyl sites for hydroxylation is 2. The van der Waals surface area contributed by atoms with Gasteiger partial charge in [0.05, 0.1) is 81.0 Å². The van der Waals surface area contributed by atoms with E-state index in [1.54, 1.807) is 71.9 Å². The smallest absolute Gasteiger partial charge is 0.294 e. The number of halogens is 8. The van der Waals surface area contributed by atoms with Gasteiger partial charge in [-0.15, -0.1) is 0 Å². The molecule has 0 spiro atoms. The minimum atomic E-state index is -0.541. The van der Waals surface area contributed by atoms with Crippen LogP contribution in [-0.4, -0.2) is 54.4 Å². The highest BCUT2D eigenvalue weighted by molar-refractivity contribution is 14.1. The van der Waals surface area contributed by atoms with Crippen LogP contribution in [0.4, 0.5) is 17.6 Å². The average Bonchev–Trinajstić information content (AvgIpc) is 3.70. The lowest BCUT2D eigenvalue weighted by Crippen LogP contribution is -2.25. The van der Waals surface area contributed by atoms with Gasteiger partial charge in [0.1, 0.15) is 17.5 Å². The van der Waals surface area contributed by atoms with Gasteiger partial charge in [-0.25, -0.2) is 13.2 Å². The number of carbonyl (C=O) groups is 1. The number of nitrogens with two attached hydrogens (primary N) is 7. The predicted molar refractivity (Wildman–Crippen MR) is 400 cm³/mol. The van der Waals surface area contributed by atoms with Crippen LogP contribution in [0.1, 0.15) is 98.0 Å². The number of rotatable bonds is 19. The van der Waals surface area contributed by atoms with Crippen LogP contribution in [0.2, 0.25) is 0 Å². The van der Waals surface area contributed by atoms with Crippen molar-refractivity contribution in [3.63, 3.8) is 0 Å². The van der Waals surface area contributed by atoms with E-state index in [2.05, 4.69) is 128 Å². The van der Waals surface area contributed by atoms with Crippen molar-refractivity contribution < 1.29 is 27.1 Å². The first-order chi connectivity index (χ1) is 42.7. The van der Waals surface area contributed by atoms with Crippen molar-refractivity contribution in [2.75, 3.05) is 6.67 Å². The zero-order valence-electron chi connectivity index (χ0n) is 51.8. The second-order valence-electron chi connectivity index (χ2n) is 19.7. The van der Waals surface area contributed by atoms with E-state index in [0.717, 1.165) is 39.8 Å². The third-order valence-electron chi connectivity index (χ3n) is 11.1. The molecule has 0 aliphatic heterocycles. The molecule has 0 fully saturated rings. The molecule has 15 nitrogen and oxygen atoms in total. The number of aliphatic imine (C=N–C) groups is 6. The zero-order chi connectivity index (χ0) is 67.4. The van der Waals surface area contributed by atoms with E-state index in [1.807, 2.05) is 107 Å². The minimum absolute atomic E-state index is 0.196. The highest BCUT2D eigenvalue weighted by atomic mass is 131. The van der Waals surface area contributed by atoms with E-state index < -0.39 is 6.23 Å². The maximum absolute atomic E-state index is 12.8. The van der Waals surface area contributed by atoms with E-state index in [4.69, 9.17) is 40.1 Å². The van der Waals surface area contributed by atoms with Gasteiger partial charge in [-0.1, -0.05) is 103 Å². The summed E-state index contributed by atoms with van der Waals surface area (Å²) in [6.45, 7) is 16.1. The Balaban J connectivity index is 0.000000526. The van der Waals surface area contributed by atoms with Gasteiger partial charge in [-0.3, -0.25) is 44.9 Å². The SMILES string of the molecule is CC(N)=NCc1ccc(F)c([131I])c1.CC(N)=NCc1ccc([131I])cc1.CC(N)=NCc1ccc([18F])c(I)c1.CC(N)=NCc1cccc(CCC[18F])c1.CC(N)=NCc1cccc([131I])c1.CC(N)=NCc1cccc([18F])c1.Cc1ccc(C[C@@H](N)OC=O)cc1. The molecule has 90 heavy (non-hydrogen) atoms. The Hall–Kier alpha value is -6.57. The molecule has 0 aliphatic carbocycles. The summed E-state index contributed by atoms with van der Waals surface area (Å²) < 4.78 is 58.5. The number of benzene rings is 7. The molecule has 0 saturated heterocycles. The molecule has 0 heterocycles. The molecule has 0 aliphatic rings. The van der Waals surface area contributed by atoms with Crippen LogP contribution in [0.15, 0.2) is 188 Å². The monoisotopic (exact) mass is 1690 g/mol. The molecule has 0 unspecified atom stereocenters. The van der Waals surface area contributed by atoms with Crippen molar-refractivity contribution >= 4 is 132 Å². The highest BCUT2D eigenvalue weighted by Gasteiger charge is 2.04. The topological polar surface area (TPSA) is 283 Å². The lowest BCUT2D eigenvalue weighted by Gasteiger charge is -2.08. The quantitative estimate of drug-likeness (QED) is 0.0101. The van der Waals surface area contributed by atoms with Gasteiger partial charge in [0.25, 0.3) is 6.47 Å². The van der Waals surface area contributed by atoms with Crippen LogP contribution in [0, 0.1) is 38.7 Å². The fourth-order valence-corrected chi connectivity index (χ4v) is 8.79. The zero-order valence-corrected chi connectivity index (χ0v) is 60.4. The van der Waals surface area contributed by atoms with Gasteiger partial charge in [0.15, 0.2) is 6.23 Å². The Morgan fingerprint density at radius 1 is 0.478 bits per heavy atom. The van der Waals surface area contributed by atoms with E-state index in [-0.39, 0.29) is 24.1 Å². The van der Waals surface area contributed by atoms with Crippen LogP contribution in [0.25, 0.3) is 0 Å². The van der Waals surface area contributed by atoms with Crippen LogP contribution >= 0.6 is 90.4 Å². The molecular weight excluding hydrogens is 1610 g/mol. The van der Waals surface area contributed by atoms with E-state index in [9.17, 15) is 22.4 Å². The summed E-state index contributed by atoms with van der Waals surface area (Å²) in [6.07, 6.45) is 1.39. The van der Waals surface area contributed by atoms with Crippen LogP contribution in [0.5, 0.6) is 0 Å². The molecule has 0 saturated carbocycles. The standard InChI is InChI=1S/C12H17FN2.C10H13NO2.2C9H10FIN2.C9H11FN2.2C9H11IN2/c1-10(14)15-9-12-5-2-4-11(8-12)6-3-7-13;1-8-2-4-9(5-3-8)6-10(11)13-7-12;2*1-6(12)13-5-7-2-3-8(10)9(11)4-7;1-7(11)12-6-8-3-2-4-9(10)5-8;1-7(11)12-6-8-2-4-9(10)5-3-8;1-7(11)12-6-8-3-2-4-9(10)5-8/h2,4-5,8H,3,6-7,9H2,1H3,(H2,14,15);2-5,7,10H,6,11H2,1H3;2*2-4H,5H2,1H3,(H2,12,13);3*2-5H,6H2,1H3,(H2,11,12)/t;10-;;;;;/m.0...../s1/i13-1;;11+4;2*10-1;2*10+4. The maximum atomic E-state index is 12.8. The average molecular weight is 1700 g/mol. The van der Waals surface area contributed by atoms with Gasteiger partial charge in [-0.05, 0) is 257 Å². The fraction of sp³-hybridized carbons (Fsp3) is 0.269. The molecule has 0 bridgehead atoms. The number of hydrogen-bond acceptors (Lipinski definition) is 9. The Morgan fingerprint density at radius 2 is 0.867 bits per heavy atom. The maximum Gasteiger partial charge on any atom is 0.294 e. The minimum Gasteiger partial charge on any atom is -0.449 e. The molecular formula is C67H83F4I4N13O2. The van der Waals surface area contributed by atoms with Crippen molar-refractivity contribution in [3.05, 3.63) is 240 Å². The van der Waals surface area contributed by atoms with Crippen molar-refractivity contribution in [2.24, 2.45) is 70.1 Å². The lowest BCUT2D eigenvalue weighted by molar-refractivity contribution is -0.133. The normalized spacial score (nSPS) is 11.8.